The third-order valence-corrected chi connectivity index (χ3v) is 5.20. The molecule has 2 rings (SSSR count). The normalized spacial score (nSPS) is 28.9. The van der Waals surface area contributed by atoms with Crippen molar-refractivity contribution in [2.24, 2.45) is 5.41 Å². The highest BCUT2D eigenvalue weighted by Gasteiger charge is 2.43. The van der Waals surface area contributed by atoms with Gasteiger partial charge in [0.25, 0.3) is 0 Å². The van der Waals surface area contributed by atoms with Crippen LogP contribution in [-0.2, 0) is 9.84 Å². The minimum atomic E-state index is -2.75. The molecule has 88 valence electrons. The number of aliphatic hydroxyl groups is 1. The van der Waals surface area contributed by atoms with Gasteiger partial charge in [0.1, 0.15) is 0 Å². The number of rotatable bonds is 4. The molecule has 4 nitrogen and oxygen atoms in total. The summed E-state index contributed by atoms with van der Waals surface area (Å²) in [5.41, 5.74) is 0.315. The molecule has 0 amide bonds. The lowest BCUT2D eigenvalue weighted by molar-refractivity contribution is 0.189. The SMILES string of the molecule is O=S1(=O)CCN(CC2(CCO)CC2)CC1. The largest absolute Gasteiger partial charge is 0.396 e. The lowest BCUT2D eigenvalue weighted by atomic mass is 10.0. The van der Waals surface area contributed by atoms with Crippen molar-refractivity contribution in [2.45, 2.75) is 19.3 Å². The summed E-state index contributed by atoms with van der Waals surface area (Å²) in [6.07, 6.45) is 3.25. The first-order chi connectivity index (χ1) is 7.05. The first-order valence-corrected chi connectivity index (χ1v) is 7.41. The zero-order chi connectivity index (χ0) is 10.9. The molecule has 1 aliphatic heterocycles. The Bertz CT molecular complexity index is 308. The van der Waals surface area contributed by atoms with E-state index in [1.54, 1.807) is 0 Å². The quantitative estimate of drug-likeness (QED) is 0.735. The molecule has 0 bridgehead atoms. The van der Waals surface area contributed by atoms with Crippen molar-refractivity contribution in [3.8, 4) is 0 Å². The van der Waals surface area contributed by atoms with E-state index in [9.17, 15) is 8.42 Å². The standard InChI is InChI=1S/C10H19NO3S/c12-6-3-10(1-2-10)9-11-4-7-15(13,14)8-5-11/h12H,1-9H2. The van der Waals surface area contributed by atoms with Crippen molar-refractivity contribution in [1.82, 2.24) is 4.90 Å². The van der Waals surface area contributed by atoms with Crippen molar-refractivity contribution in [3.05, 3.63) is 0 Å². The van der Waals surface area contributed by atoms with Crippen LogP contribution >= 0.6 is 0 Å². The van der Waals surface area contributed by atoms with Gasteiger partial charge < -0.3 is 10.0 Å². The first kappa shape index (κ1) is 11.4. The number of hydrogen-bond acceptors (Lipinski definition) is 4. The van der Waals surface area contributed by atoms with Gasteiger partial charge in [-0.1, -0.05) is 0 Å². The molecule has 0 aromatic rings. The lowest BCUT2D eigenvalue weighted by Gasteiger charge is -2.30. The number of nitrogens with zero attached hydrogens (tertiary/aromatic N) is 1. The van der Waals surface area contributed by atoms with Gasteiger partial charge in [0, 0.05) is 26.2 Å². The number of hydrogen-bond donors (Lipinski definition) is 1. The average Bonchev–Trinajstić information content (AvgIpc) is 2.90. The Hall–Kier alpha value is -0.130. The summed E-state index contributed by atoms with van der Waals surface area (Å²) < 4.78 is 22.5. The summed E-state index contributed by atoms with van der Waals surface area (Å²) in [4.78, 5) is 2.24. The third kappa shape index (κ3) is 2.92. The van der Waals surface area contributed by atoms with E-state index in [-0.39, 0.29) is 6.61 Å². The molecule has 0 spiro atoms. The molecule has 1 heterocycles. The van der Waals surface area contributed by atoms with Crippen molar-refractivity contribution in [2.75, 3.05) is 37.7 Å². The van der Waals surface area contributed by atoms with Crippen molar-refractivity contribution >= 4 is 9.84 Å². The first-order valence-electron chi connectivity index (χ1n) is 5.59. The fourth-order valence-electron chi connectivity index (χ4n) is 2.28. The molecule has 2 fully saturated rings. The van der Waals surface area contributed by atoms with E-state index in [1.165, 1.54) is 12.8 Å². The molecule has 5 heteroatoms. The van der Waals surface area contributed by atoms with Crippen LogP contribution in [0.3, 0.4) is 0 Å². The van der Waals surface area contributed by atoms with Crippen LogP contribution < -0.4 is 0 Å². The van der Waals surface area contributed by atoms with Crippen LogP contribution in [0, 0.1) is 5.41 Å². The fraction of sp³-hybridized carbons (Fsp3) is 1.00. The van der Waals surface area contributed by atoms with Crippen molar-refractivity contribution in [3.63, 3.8) is 0 Å². The van der Waals surface area contributed by atoms with Gasteiger partial charge in [-0.15, -0.1) is 0 Å². The number of aliphatic hydroxyl groups excluding tert-OH is 1. The van der Waals surface area contributed by atoms with Gasteiger partial charge in [-0.25, -0.2) is 8.42 Å². The Morgan fingerprint density at radius 2 is 1.80 bits per heavy atom. The fourth-order valence-corrected chi connectivity index (χ4v) is 3.56. The van der Waals surface area contributed by atoms with Crippen LogP contribution in [0.1, 0.15) is 19.3 Å². The van der Waals surface area contributed by atoms with E-state index in [0.717, 1.165) is 13.0 Å². The molecular formula is C10H19NO3S. The third-order valence-electron chi connectivity index (χ3n) is 3.60. The van der Waals surface area contributed by atoms with Crippen LogP contribution in [0.2, 0.25) is 0 Å². The Kier molecular flexibility index (Phi) is 3.05. The van der Waals surface area contributed by atoms with Crippen LogP contribution in [0.25, 0.3) is 0 Å². The van der Waals surface area contributed by atoms with Gasteiger partial charge in [0.2, 0.25) is 0 Å². The minimum absolute atomic E-state index is 0.256. The molecular weight excluding hydrogens is 214 g/mol. The second kappa shape index (κ2) is 4.03. The van der Waals surface area contributed by atoms with Crippen LogP contribution in [0.15, 0.2) is 0 Å². The molecule has 0 aromatic heterocycles. The van der Waals surface area contributed by atoms with E-state index in [4.69, 9.17) is 5.11 Å². The summed E-state index contributed by atoms with van der Waals surface area (Å²) in [6, 6.07) is 0. The summed E-state index contributed by atoms with van der Waals surface area (Å²) in [6.45, 7) is 2.58. The van der Waals surface area contributed by atoms with E-state index >= 15 is 0 Å². The van der Waals surface area contributed by atoms with E-state index in [1.807, 2.05) is 0 Å². The molecule has 2 aliphatic rings. The van der Waals surface area contributed by atoms with Crippen molar-refractivity contribution < 1.29 is 13.5 Å². The van der Waals surface area contributed by atoms with Crippen LogP contribution in [0.4, 0.5) is 0 Å². The molecule has 1 N–H and O–H groups in total. The van der Waals surface area contributed by atoms with Gasteiger partial charge in [-0.2, -0.15) is 0 Å². The molecule has 1 aliphatic carbocycles. The van der Waals surface area contributed by atoms with Gasteiger partial charge in [-0.3, -0.25) is 0 Å². The molecule has 0 aromatic carbocycles. The average molecular weight is 233 g/mol. The summed E-state index contributed by atoms with van der Waals surface area (Å²) in [5, 5.41) is 8.94. The Balaban J connectivity index is 1.82. The molecule has 1 saturated heterocycles. The second-order valence-electron chi connectivity index (χ2n) is 4.90. The predicted octanol–water partition coefficient (Wildman–Crippen LogP) is -0.121. The Morgan fingerprint density at radius 3 is 2.27 bits per heavy atom. The topological polar surface area (TPSA) is 57.6 Å². The highest BCUT2D eigenvalue weighted by Crippen LogP contribution is 2.49. The maximum absolute atomic E-state index is 11.2. The molecule has 0 atom stereocenters. The molecule has 1 saturated carbocycles. The van der Waals surface area contributed by atoms with Gasteiger partial charge in [-0.05, 0) is 24.7 Å². The summed E-state index contributed by atoms with van der Waals surface area (Å²) in [7, 11) is -2.75. The van der Waals surface area contributed by atoms with E-state index < -0.39 is 9.84 Å². The Morgan fingerprint density at radius 1 is 1.20 bits per heavy atom. The zero-order valence-corrected chi connectivity index (χ0v) is 9.80. The van der Waals surface area contributed by atoms with Crippen LogP contribution in [-0.4, -0.2) is 56.2 Å². The maximum atomic E-state index is 11.2. The zero-order valence-electron chi connectivity index (χ0n) is 8.98. The van der Waals surface area contributed by atoms with E-state index in [2.05, 4.69) is 4.90 Å². The smallest absolute Gasteiger partial charge is 0.152 e. The Labute approximate surface area is 91.2 Å². The molecule has 15 heavy (non-hydrogen) atoms. The highest BCUT2D eigenvalue weighted by atomic mass is 32.2. The van der Waals surface area contributed by atoms with Crippen molar-refractivity contribution in [1.29, 1.82) is 0 Å². The predicted molar refractivity (Wildman–Crippen MR) is 58.5 cm³/mol. The molecule has 0 radical (unpaired) electrons. The number of sulfone groups is 1. The highest BCUT2D eigenvalue weighted by molar-refractivity contribution is 7.91. The van der Waals surface area contributed by atoms with E-state index in [0.29, 0.717) is 30.0 Å². The monoisotopic (exact) mass is 233 g/mol. The lowest BCUT2D eigenvalue weighted by Crippen LogP contribution is -2.43. The van der Waals surface area contributed by atoms with Crippen LogP contribution in [0.5, 0.6) is 0 Å². The molecule has 0 unspecified atom stereocenters. The second-order valence-corrected chi connectivity index (χ2v) is 7.21. The summed E-state index contributed by atoms with van der Waals surface area (Å²) >= 11 is 0. The maximum Gasteiger partial charge on any atom is 0.152 e. The van der Waals surface area contributed by atoms with Gasteiger partial charge >= 0.3 is 0 Å². The summed E-state index contributed by atoms with van der Waals surface area (Å²) in [5.74, 6) is 0.615. The van der Waals surface area contributed by atoms with Gasteiger partial charge in [0.05, 0.1) is 11.5 Å². The van der Waals surface area contributed by atoms with Gasteiger partial charge in [0.15, 0.2) is 9.84 Å². The minimum Gasteiger partial charge on any atom is -0.396 e.